The number of carboxylic acid groups (broad SMARTS) is 1. The second-order valence-electron chi connectivity index (χ2n) is 3.93. The number of rotatable bonds is 6. The zero-order valence-electron chi connectivity index (χ0n) is 10.3. The van der Waals surface area contributed by atoms with Gasteiger partial charge in [-0.3, -0.25) is 0 Å². The first-order valence-corrected chi connectivity index (χ1v) is 5.83. The number of carbonyl (C=O) groups is 1. The molecule has 1 heterocycles. The van der Waals surface area contributed by atoms with Crippen molar-refractivity contribution in [1.82, 2.24) is 4.98 Å². The first kappa shape index (κ1) is 13.3. The summed E-state index contributed by atoms with van der Waals surface area (Å²) in [5.41, 5.74) is 6.40. The molecule has 1 aromatic heterocycles. The van der Waals surface area contributed by atoms with E-state index in [4.69, 9.17) is 10.8 Å². The molecule has 0 aliphatic heterocycles. The number of nitrogens with zero attached hydrogens (tertiary/aromatic N) is 2. The summed E-state index contributed by atoms with van der Waals surface area (Å²) in [6.45, 7) is 5.92. The highest BCUT2D eigenvalue weighted by Gasteiger charge is 2.12. The van der Waals surface area contributed by atoms with Gasteiger partial charge >= 0.3 is 5.97 Å². The fourth-order valence-electron chi connectivity index (χ4n) is 1.72. The lowest BCUT2D eigenvalue weighted by Gasteiger charge is -2.23. The maximum Gasteiger partial charge on any atom is 0.337 e. The quantitative estimate of drug-likeness (QED) is 0.791. The van der Waals surface area contributed by atoms with E-state index in [-0.39, 0.29) is 5.56 Å². The zero-order chi connectivity index (χ0) is 12.8. The summed E-state index contributed by atoms with van der Waals surface area (Å²) in [7, 11) is 0. The minimum Gasteiger partial charge on any atom is -0.478 e. The molecule has 0 radical (unpaired) electrons. The lowest BCUT2D eigenvalue weighted by atomic mass is 10.2. The van der Waals surface area contributed by atoms with Crippen LogP contribution in [0.4, 0.5) is 11.5 Å². The van der Waals surface area contributed by atoms with Crippen LogP contribution in [0.3, 0.4) is 0 Å². The van der Waals surface area contributed by atoms with Crippen molar-refractivity contribution in [2.24, 2.45) is 0 Å². The van der Waals surface area contributed by atoms with Crippen LogP contribution in [0.2, 0.25) is 0 Å². The fraction of sp³-hybridized carbons (Fsp3) is 0.500. The number of aromatic nitrogens is 1. The predicted octanol–water partition coefficient (Wildman–Crippen LogP) is 1.99. The number of nitrogen functional groups attached to an aromatic ring is 1. The van der Waals surface area contributed by atoms with Gasteiger partial charge in [0.2, 0.25) is 0 Å². The van der Waals surface area contributed by atoms with Crippen molar-refractivity contribution in [2.75, 3.05) is 23.7 Å². The third-order valence-electron chi connectivity index (χ3n) is 2.43. The Morgan fingerprint density at radius 3 is 2.41 bits per heavy atom. The monoisotopic (exact) mass is 237 g/mol. The minimum atomic E-state index is -1.01. The van der Waals surface area contributed by atoms with E-state index in [0.29, 0.717) is 11.5 Å². The molecule has 0 spiro atoms. The number of hydrogen-bond donors (Lipinski definition) is 2. The summed E-state index contributed by atoms with van der Waals surface area (Å²) in [5, 5.41) is 8.84. The number of aromatic carboxylic acids is 1. The van der Waals surface area contributed by atoms with Gasteiger partial charge in [0.25, 0.3) is 0 Å². The molecule has 0 amide bonds. The Morgan fingerprint density at radius 1 is 1.41 bits per heavy atom. The Labute approximate surface area is 101 Å². The first-order valence-electron chi connectivity index (χ1n) is 5.83. The lowest BCUT2D eigenvalue weighted by Crippen LogP contribution is -2.27. The molecule has 5 nitrogen and oxygen atoms in total. The average Bonchev–Trinajstić information content (AvgIpc) is 2.28. The van der Waals surface area contributed by atoms with Crippen LogP contribution in [-0.2, 0) is 0 Å². The molecule has 5 heteroatoms. The van der Waals surface area contributed by atoms with Crippen LogP contribution in [0.25, 0.3) is 0 Å². The van der Waals surface area contributed by atoms with Gasteiger partial charge in [0.1, 0.15) is 0 Å². The van der Waals surface area contributed by atoms with Gasteiger partial charge in [-0.05, 0) is 18.9 Å². The largest absolute Gasteiger partial charge is 0.478 e. The van der Waals surface area contributed by atoms with Gasteiger partial charge in [-0.25, -0.2) is 9.78 Å². The highest BCUT2D eigenvalue weighted by Crippen LogP contribution is 2.21. The molecule has 0 aliphatic carbocycles. The highest BCUT2D eigenvalue weighted by molar-refractivity contribution is 5.89. The van der Waals surface area contributed by atoms with Crippen LogP contribution in [0.5, 0.6) is 0 Å². The van der Waals surface area contributed by atoms with Crippen molar-refractivity contribution in [1.29, 1.82) is 0 Å². The molecule has 0 bridgehead atoms. The number of nitrogens with two attached hydrogens (primary N) is 1. The first-order chi connectivity index (χ1) is 8.10. The Kier molecular flexibility index (Phi) is 4.75. The molecule has 1 aromatic rings. The second-order valence-corrected chi connectivity index (χ2v) is 3.93. The van der Waals surface area contributed by atoms with E-state index >= 15 is 0 Å². The summed E-state index contributed by atoms with van der Waals surface area (Å²) in [4.78, 5) is 17.0. The van der Waals surface area contributed by atoms with Gasteiger partial charge < -0.3 is 15.7 Å². The smallest absolute Gasteiger partial charge is 0.337 e. The molecule has 0 saturated heterocycles. The van der Waals surface area contributed by atoms with Crippen LogP contribution < -0.4 is 10.6 Å². The summed E-state index contributed by atoms with van der Waals surface area (Å²) >= 11 is 0. The van der Waals surface area contributed by atoms with Gasteiger partial charge in [-0.1, -0.05) is 13.8 Å². The molecule has 0 aliphatic rings. The van der Waals surface area contributed by atoms with Gasteiger partial charge in [-0.2, -0.15) is 0 Å². The van der Waals surface area contributed by atoms with Crippen LogP contribution in [0, 0.1) is 0 Å². The molecule has 3 N–H and O–H groups in total. The van der Waals surface area contributed by atoms with E-state index in [9.17, 15) is 4.79 Å². The van der Waals surface area contributed by atoms with Crippen LogP contribution in [-0.4, -0.2) is 29.1 Å². The van der Waals surface area contributed by atoms with Crippen molar-refractivity contribution in [2.45, 2.75) is 26.7 Å². The fourth-order valence-corrected chi connectivity index (χ4v) is 1.72. The van der Waals surface area contributed by atoms with Crippen LogP contribution in [0.1, 0.15) is 37.0 Å². The standard InChI is InChI=1S/C12H19N3O2/c1-3-5-15(6-4-2)11-10(13)7-9(8-14-11)12(16)17/h7-8H,3-6,13H2,1-2H3,(H,16,17). The Morgan fingerprint density at radius 2 is 2.00 bits per heavy atom. The van der Waals surface area contributed by atoms with E-state index in [1.54, 1.807) is 0 Å². The molecule has 0 saturated carbocycles. The maximum atomic E-state index is 10.8. The number of pyridine rings is 1. The van der Waals surface area contributed by atoms with E-state index in [1.165, 1.54) is 12.3 Å². The SMILES string of the molecule is CCCN(CCC)c1ncc(C(=O)O)cc1N. The number of anilines is 2. The van der Waals surface area contributed by atoms with Crippen molar-refractivity contribution < 1.29 is 9.90 Å². The molecular formula is C12H19N3O2. The van der Waals surface area contributed by atoms with Gasteiger partial charge in [0, 0.05) is 19.3 Å². The molecule has 0 atom stereocenters. The van der Waals surface area contributed by atoms with E-state index in [2.05, 4.69) is 23.7 Å². The van der Waals surface area contributed by atoms with E-state index in [1.807, 2.05) is 0 Å². The topological polar surface area (TPSA) is 79.5 Å². The summed E-state index contributed by atoms with van der Waals surface area (Å²) in [6.07, 6.45) is 3.36. The third kappa shape index (κ3) is 3.34. The van der Waals surface area contributed by atoms with E-state index < -0.39 is 5.97 Å². The van der Waals surface area contributed by atoms with Crippen molar-refractivity contribution in [3.63, 3.8) is 0 Å². The summed E-state index contributed by atoms with van der Waals surface area (Å²) in [6, 6.07) is 1.46. The maximum absolute atomic E-state index is 10.8. The predicted molar refractivity (Wildman–Crippen MR) is 68.4 cm³/mol. The molecule has 94 valence electrons. The van der Waals surface area contributed by atoms with Crippen LogP contribution in [0.15, 0.2) is 12.3 Å². The second kappa shape index (κ2) is 6.08. The third-order valence-corrected chi connectivity index (χ3v) is 2.43. The van der Waals surface area contributed by atoms with Gasteiger partial charge in [-0.15, -0.1) is 0 Å². The molecule has 0 fully saturated rings. The van der Waals surface area contributed by atoms with Crippen molar-refractivity contribution >= 4 is 17.5 Å². The van der Waals surface area contributed by atoms with Crippen molar-refractivity contribution in [3.8, 4) is 0 Å². The van der Waals surface area contributed by atoms with E-state index in [0.717, 1.165) is 25.9 Å². The average molecular weight is 237 g/mol. The van der Waals surface area contributed by atoms with Gasteiger partial charge in [0.15, 0.2) is 5.82 Å². The molecule has 0 aromatic carbocycles. The Balaban J connectivity index is 2.99. The van der Waals surface area contributed by atoms with Crippen molar-refractivity contribution in [3.05, 3.63) is 17.8 Å². The zero-order valence-corrected chi connectivity index (χ0v) is 10.3. The molecule has 0 unspecified atom stereocenters. The van der Waals surface area contributed by atoms with Crippen LogP contribution >= 0.6 is 0 Å². The molecular weight excluding hydrogens is 218 g/mol. The minimum absolute atomic E-state index is 0.124. The number of carboxylic acids is 1. The van der Waals surface area contributed by atoms with Gasteiger partial charge in [0.05, 0.1) is 11.3 Å². The normalized spacial score (nSPS) is 10.2. The molecule has 1 rings (SSSR count). The molecule has 17 heavy (non-hydrogen) atoms. The highest BCUT2D eigenvalue weighted by atomic mass is 16.4. The summed E-state index contributed by atoms with van der Waals surface area (Å²) in [5.74, 6) is -0.327. The lowest BCUT2D eigenvalue weighted by molar-refractivity contribution is 0.0696. The Hall–Kier alpha value is -1.78. The number of hydrogen-bond acceptors (Lipinski definition) is 4. The Bertz CT molecular complexity index is 387. The summed E-state index contributed by atoms with van der Waals surface area (Å²) < 4.78 is 0.